The summed E-state index contributed by atoms with van der Waals surface area (Å²) in [7, 11) is -3.37. The maximum absolute atomic E-state index is 11.8. The van der Waals surface area contributed by atoms with Gasteiger partial charge in [0.15, 0.2) is 0 Å². The van der Waals surface area contributed by atoms with Crippen LogP contribution in [0.25, 0.3) is 0 Å². The first kappa shape index (κ1) is 14.5. The summed E-state index contributed by atoms with van der Waals surface area (Å²) in [5.41, 5.74) is 1.11. The van der Waals surface area contributed by atoms with Gasteiger partial charge in [0.05, 0.1) is 4.90 Å². The molecule has 0 atom stereocenters. The molecule has 1 rings (SSSR count). The average molecular weight is 276 g/mol. The van der Waals surface area contributed by atoms with Crippen molar-refractivity contribution in [2.75, 3.05) is 5.88 Å². The number of hydrogen-bond donors (Lipinski definition) is 1. The van der Waals surface area contributed by atoms with Crippen LogP contribution in [0.4, 0.5) is 0 Å². The Kier molecular flexibility index (Phi) is 5.43. The number of nitrogens with one attached hydrogen (secondary N) is 1. The highest BCUT2D eigenvalue weighted by Gasteiger charge is 2.14. The molecule has 1 aromatic carbocycles. The predicted molar refractivity (Wildman–Crippen MR) is 70.9 cm³/mol. The Morgan fingerprint density at radius 3 is 2.29 bits per heavy atom. The van der Waals surface area contributed by atoms with Crippen LogP contribution < -0.4 is 4.72 Å². The molecule has 0 bridgehead atoms. The third-order valence-corrected chi connectivity index (χ3v) is 4.17. The molecule has 0 saturated carbocycles. The predicted octanol–water partition coefficient (Wildman–Crippen LogP) is 2.54. The van der Waals surface area contributed by atoms with Gasteiger partial charge >= 0.3 is 0 Å². The molecule has 1 N–H and O–H groups in total. The van der Waals surface area contributed by atoms with E-state index in [9.17, 15) is 8.42 Å². The van der Waals surface area contributed by atoms with Gasteiger partial charge in [-0.05, 0) is 44.4 Å². The zero-order valence-electron chi connectivity index (χ0n) is 10.1. The molecular formula is C12H18ClNO2S. The molecule has 5 heteroatoms. The maximum Gasteiger partial charge on any atom is 0.240 e. The summed E-state index contributed by atoms with van der Waals surface area (Å²) in [5.74, 6) is 0.620. The summed E-state index contributed by atoms with van der Waals surface area (Å²) in [6.07, 6.45) is 1.78. The van der Waals surface area contributed by atoms with Gasteiger partial charge < -0.3 is 0 Å². The Balaban J connectivity index is 2.80. The second-order valence-corrected chi connectivity index (χ2v) is 6.30. The molecule has 96 valence electrons. The van der Waals surface area contributed by atoms with Crippen molar-refractivity contribution in [2.45, 2.75) is 37.6 Å². The SMILES string of the molecule is CC(C)NS(=O)(=O)c1ccc(CCCCl)cc1. The highest BCUT2D eigenvalue weighted by Crippen LogP contribution is 2.12. The Morgan fingerprint density at radius 1 is 1.24 bits per heavy atom. The van der Waals surface area contributed by atoms with E-state index < -0.39 is 10.0 Å². The van der Waals surface area contributed by atoms with E-state index in [1.165, 1.54) is 0 Å². The van der Waals surface area contributed by atoms with Gasteiger partial charge in [-0.15, -0.1) is 11.6 Å². The molecule has 0 amide bonds. The van der Waals surface area contributed by atoms with E-state index >= 15 is 0 Å². The molecule has 0 unspecified atom stereocenters. The minimum Gasteiger partial charge on any atom is -0.209 e. The van der Waals surface area contributed by atoms with Crippen LogP contribution >= 0.6 is 11.6 Å². The second-order valence-electron chi connectivity index (χ2n) is 4.21. The Hall–Kier alpha value is -0.580. The van der Waals surface area contributed by atoms with Crippen LogP contribution in [0.1, 0.15) is 25.8 Å². The largest absolute Gasteiger partial charge is 0.240 e. The third kappa shape index (κ3) is 4.66. The molecule has 3 nitrogen and oxygen atoms in total. The smallest absolute Gasteiger partial charge is 0.209 e. The Bertz CT molecular complexity index is 440. The second kappa shape index (κ2) is 6.38. The van der Waals surface area contributed by atoms with Crippen LogP contribution in [0.3, 0.4) is 0 Å². The van der Waals surface area contributed by atoms with Gasteiger partial charge in [0, 0.05) is 11.9 Å². The number of rotatable bonds is 6. The molecule has 0 spiro atoms. The lowest BCUT2D eigenvalue weighted by molar-refractivity contribution is 0.570. The van der Waals surface area contributed by atoms with E-state index in [2.05, 4.69) is 4.72 Å². The number of hydrogen-bond acceptors (Lipinski definition) is 2. The fourth-order valence-electron chi connectivity index (χ4n) is 1.48. The van der Waals surface area contributed by atoms with Crippen molar-refractivity contribution in [3.05, 3.63) is 29.8 Å². The maximum atomic E-state index is 11.8. The van der Waals surface area contributed by atoms with Crippen molar-refractivity contribution < 1.29 is 8.42 Å². The number of benzene rings is 1. The van der Waals surface area contributed by atoms with Crippen LogP contribution in [0.5, 0.6) is 0 Å². The first-order chi connectivity index (χ1) is 7.95. The van der Waals surface area contributed by atoms with Gasteiger partial charge in [0.1, 0.15) is 0 Å². The number of sulfonamides is 1. The molecule has 1 aromatic rings. The highest BCUT2D eigenvalue weighted by atomic mass is 35.5. The normalized spacial score (nSPS) is 12.0. The van der Waals surface area contributed by atoms with Crippen molar-refractivity contribution in [2.24, 2.45) is 0 Å². The van der Waals surface area contributed by atoms with Gasteiger partial charge in [-0.1, -0.05) is 12.1 Å². The minimum absolute atomic E-state index is 0.101. The molecule has 17 heavy (non-hydrogen) atoms. The van der Waals surface area contributed by atoms with Crippen molar-refractivity contribution in [3.63, 3.8) is 0 Å². The number of halogens is 1. The van der Waals surface area contributed by atoms with Crippen molar-refractivity contribution in [3.8, 4) is 0 Å². The van der Waals surface area contributed by atoms with Gasteiger partial charge in [-0.3, -0.25) is 0 Å². The van der Waals surface area contributed by atoms with Gasteiger partial charge in [-0.2, -0.15) is 0 Å². The van der Waals surface area contributed by atoms with Crippen molar-refractivity contribution >= 4 is 21.6 Å². The van der Waals surface area contributed by atoms with Crippen LogP contribution in [-0.4, -0.2) is 20.3 Å². The van der Waals surface area contributed by atoms with Crippen molar-refractivity contribution in [1.29, 1.82) is 0 Å². The topological polar surface area (TPSA) is 46.2 Å². The molecular weight excluding hydrogens is 258 g/mol. The van der Waals surface area contributed by atoms with E-state index in [-0.39, 0.29) is 6.04 Å². The zero-order valence-corrected chi connectivity index (χ0v) is 11.7. The summed E-state index contributed by atoms with van der Waals surface area (Å²) in [4.78, 5) is 0.306. The van der Waals surface area contributed by atoms with E-state index in [1.54, 1.807) is 26.0 Å². The summed E-state index contributed by atoms with van der Waals surface area (Å²) in [6, 6.07) is 6.83. The average Bonchev–Trinajstić information content (AvgIpc) is 2.25. The first-order valence-corrected chi connectivity index (χ1v) is 7.64. The number of aryl methyl sites for hydroxylation is 1. The van der Waals surface area contributed by atoms with E-state index in [1.807, 2.05) is 12.1 Å². The van der Waals surface area contributed by atoms with E-state index in [4.69, 9.17) is 11.6 Å². The summed E-state index contributed by atoms with van der Waals surface area (Å²) >= 11 is 5.61. The highest BCUT2D eigenvalue weighted by molar-refractivity contribution is 7.89. The lowest BCUT2D eigenvalue weighted by Gasteiger charge is -2.09. The molecule has 0 saturated heterocycles. The van der Waals surface area contributed by atoms with Crippen molar-refractivity contribution in [1.82, 2.24) is 4.72 Å². The summed E-state index contributed by atoms with van der Waals surface area (Å²) < 4.78 is 26.2. The lowest BCUT2D eigenvalue weighted by Crippen LogP contribution is -2.30. The first-order valence-electron chi connectivity index (χ1n) is 5.63. The fraction of sp³-hybridized carbons (Fsp3) is 0.500. The third-order valence-electron chi connectivity index (χ3n) is 2.22. The molecule has 0 fully saturated rings. The van der Waals surface area contributed by atoms with Crippen LogP contribution in [0, 0.1) is 0 Å². The van der Waals surface area contributed by atoms with Crippen LogP contribution in [0.2, 0.25) is 0 Å². The number of alkyl halides is 1. The standard InChI is InChI=1S/C12H18ClNO2S/c1-10(2)14-17(15,16)12-7-5-11(6-8-12)4-3-9-13/h5-8,10,14H,3-4,9H2,1-2H3. The quantitative estimate of drug-likeness (QED) is 0.811. The Morgan fingerprint density at radius 2 is 1.82 bits per heavy atom. The molecule has 0 radical (unpaired) electrons. The van der Waals surface area contributed by atoms with E-state index in [0.717, 1.165) is 18.4 Å². The molecule has 0 aliphatic heterocycles. The monoisotopic (exact) mass is 275 g/mol. The summed E-state index contributed by atoms with van der Waals surface area (Å²) in [5, 5.41) is 0. The van der Waals surface area contributed by atoms with Gasteiger partial charge in [0.2, 0.25) is 10.0 Å². The molecule has 0 aromatic heterocycles. The molecule has 0 aliphatic rings. The fourth-order valence-corrected chi connectivity index (χ4v) is 2.87. The molecule has 0 aliphatic carbocycles. The van der Waals surface area contributed by atoms with E-state index in [0.29, 0.717) is 10.8 Å². The lowest BCUT2D eigenvalue weighted by atomic mass is 10.1. The van der Waals surface area contributed by atoms with Gasteiger partial charge in [0.25, 0.3) is 0 Å². The van der Waals surface area contributed by atoms with Crippen LogP contribution in [0.15, 0.2) is 29.2 Å². The zero-order chi connectivity index (χ0) is 12.9. The van der Waals surface area contributed by atoms with Crippen LogP contribution in [-0.2, 0) is 16.4 Å². The molecule has 0 heterocycles. The Labute approximate surface area is 108 Å². The summed E-state index contributed by atoms with van der Waals surface area (Å²) in [6.45, 7) is 3.60. The minimum atomic E-state index is -3.37. The van der Waals surface area contributed by atoms with Gasteiger partial charge in [-0.25, -0.2) is 13.1 Å².